The maximum Gasteiger partial charge on any atom is 0.488 e. The Bertz CT molecular complexity index is 1130. The zero-order valence-electron chi connectivity index (χ0n) is 13.7. The molecule has 0 saturated heterocycles. The van der Waals surface area contributed by atoms with Gasteiger partial charge < -0.3 is 8.92 Å². The van der Waals surface area contributed by atoms with Gasteiger partial charge in [0, 0.05) is 12.1 Å². The first kappa shape index (κ1) is 19.2. The summed E-state index contributed by atoms with van der Waals surface area (Å²) in [6.45, 7) is -0.472. The first-order valence-electron chi connectivity index (χ1n) is 7.43. The Morgan fingerprint density at radius 3 is 2.25 bits per heavy atom. The second-order valence-corrected chi connectivity index (χ2v) is 6.24. The van der Waals surface area contributed by atoms with Crippen LogP contribution in [0.25, 0.3) is 5.69 Å². The molecule has 0 saturated carbocycles. The number of nitrogens with zero attached hydrogens (tertiary/aromatic N) is 4. The van der Waals surface area contributed by atoms with Gasteiger partial charge in [0.2, 0.25) is 0 Å². The van der Waals surface area contributed by atoms with Gasteiger partial charge >= 0.3 is 10.5 Å². The molecule has 0 atom stereocenters. The molecule has 0 bridgehead atoms. The van der Waals surface area contributed by atoms with Crippen LogP contribution < -0.4 is 8.92 Å². The van der Waals surface area contributed by atoms with Gasteiger partial charge in [0.1, 0.15) is 35.8 Å². The van der Waals surface area contributed by atoms with Crippen molar-refractivity contribution in [2.24, 2.45) is 0 Å². The molecule has 8 nitrogen and oxygen atoms in total. The Morgan fingerprint density at radius 2 is 1.71 bits per heavy atom. The van der Waals surface area contributed by atoms with E-state index in [1.165, 1.54) is 18.3 Å². The fourth-order valence-electron chi connectivity index (χ4n) is 2.16. The fraction of sp³-hybridized carbons (Fsp3) is 0.0625. The van der Waals surface area contributed by atoms with Crippen molar-refractivity contribution in [2.75, 3.05) is 0 Å². The van der Waals surface area contributed by atoms with E-state index in [4.69, 9.17) is 10.00 Å². The zero-order valence-corrected chi connectivity index (χ0v) is 14.5. The van der Waals surface area contributed by atoms with Gasteiger partial charge in [0.05, 0.1) is 17.4 Å². The van der Waals surface area contributed by atoms with Crippen LogP contribution in [0, 0.1) is 23.0 Å². The summed E-state index contributed by atoms with van der Waals surface area (Å²) in [4.78, 5) is 0. The number of aromatic nitrogens is 3. The van der Waals surface area contributed by atoms with Gasteiger partial charge in [-0.25, -0.2) is 13.5 Å². The van der Waals surface area contributed by atoms with Crippen LogP contribution in [0.3, 0.4) is 0 Å². The molecule has 0 amide bonds. The number of benzene rings is 2. The van der Waals surface area contributed by atoms with Crippen molar-refractivity contribution in [1.29, 1.82) is 5.26 Å². The molecule has 0 spiro atoms. The summed E-state index contributed by atoms with van der Waals surface area (Å²) in [6, 6.07) is 8.45. The van der Waals surface area contributed by atoms with E-state index in [1.807, 2.05) is 0 Å². The van der Waals surface area contributed by atoms with E-state index in [2.05, 4.69) is 14.5 Å². The van der Waals surface area contributed by atoms with Gasteiger partial charge in [0.15, 0.2) is 5.69 Å². The average molecular weight is 410 g/mol. The van der Waals surface area contributed by atoms with Gasteiger partial charge in [-0.2, -0.15) is 13.7 Å². The van der Waals surface area contributed by atoms with Crippen molar-refractivity contribution in [2.45, 2.75) is 6.61 Å². The van der Waals surface area contributed by atoms with E-state index in [1.54, 1.807) is 6.07 Å². The number of hydrogen-bond donors (Lipinski definition) is 0. The molecule has 0 unspecified atom stereocenters. The predicted octanol–water partition coefficient (Wildman–Crippen LogP) is 2.59. The van der Waals surface area contributed by atoms with Crippen LogP contribution in [-0.2, 0) is 17.1 Å². The van der Waals surface area contributed by atoms with Crippen molar-refractivity contribution < 1.29 is 30.0 Å². The second-order valence-electron chi connectivity index (χ2n) is 5.28. The third-order valence-corrected chi connectivity index (χ3v) is 3.79. The molecular formula is C16H9F3N4O4S. The third-order valence-electron chi connectivity index (χ3n) is 3.40. The Labute approximate surface area is 156 Å². The molecular weight excluding hydrogens is 401 g/mol. The summed E-state index contributed by atoms with van der Waals surface area (Å²) in [5.74, 6) is -1.97. The van der Waals surface area contributed by atoms with Gasteiger partial charge in [-0.15, -0.1) is 5.10 Å². The Hall–Kier alpha value is -3.59. The molecule has 0 fully saturated rings. The maximum atomic E-state index is 14.3. The fourth-order valence-corrected chi connectivity index (χ4v) is 2.50. The largest absolute Gasteiger partial charge is 0.489 e. The lowest BCUT2D eigenvalue weighted by Crippen LogP contribution is -2.05. The van der Waals surface area contributed by atoms with Gasteiger partial charge in [-0.1, -0.05) is 9.10 Å². The van der Waals surface area contributed by atoms with Crippen LogP contribution in [0.4, 0.5) is 12.7 Å². The van der Waals surface area contributed by atoms with E-state index in [9.17, 15) is 21.1 Å². The highest BCUT2D eigenvalue weighted by Crippen LogP contribution is 2.23. The third kappa shape index (κ3) is 4.57. The smallest absolute Gasteiger partial charge is 0.488 e. The molecule has 2 aromatic carbocycles. The SMILES string of the molecule is N#Cc1cn(-c2cc(F)c(COc3ccc(OS(=O)(=O)F)cc3)c(F)c2)nn1. The molecule has 0 radical (unpaired) electrons. The minimum absolute atomic E-state index is 0.0128. The van der Waals surface area contributed by atoms with Crippen molar-refractivity contribution in [1.82, 2.24) is 15.0 Å². The quantitative estimate of drug-likeness (QED) is 0.575. The minimum atomic E-state index is -5.15. The van der Waals surface area contributed by atoms with Crippen LogP contribution in [-0.4, -0.2) is 23.4 Å². The second kappa shape index (κ2) is 7.57. The molecule has 28 heavy (non-hydrogen) atoms. The van der Waals surface area contributed by atoms with Crippen LogP contribution in [0.1, 0.15) is 11.3 Å². The minimum Gasteiger partial charge on any atom is -0.489 e. The number of rotatable bonds is 6. The topological polar surface area (TPSA) is 107 Å². The van der Waals surface area contributed by atoms with Crippen LogP contribution in [0.2, 0.25) is 0 Å². The van der Waals surface area contributed by atoms with Crippen molar-refractivity contribution in [3.05, 3.63) is 65.5 Å². The van der Waals surface area contributed by atoms with Crippen LogP contribution >= 0.6 is 0 Å². The van der Waals surface area contributed by atoms with Gasteiger partial charge in [-0.3, -0.25) is 0 Å². The van der Waals surface area contributed by atoms with Gasteiger partial charge in [0.25, 0.3) is 0 Å². The molecule has 0 aliphatic rings. The lowest BCUT2D eigenvalue weighted by atomic mass is 10.2. The molecule has 3 aromatic rings. The summed E-state index contributed by atoms with van der Waals surface area (Å²) >= 11 is 0. The predicted molar refractivity (Wildman–Crippen MR) is 87.4 cm³/mol. The summed E-state index contributed by atoms with van der Waals surface area (Å²) < 4.78 is 72.0. The Balaban J connectivity index is 1.73. The molecule has 0 N–H and O–H groups in total. The summed E-state index contributed by atoms with van der Waals surface area (Å²) in [7, 11) is -5.15. The van der Waals surface area contributed by atoms with E-state index in [-0.39, 0.29) is 28.4 Å². The highest BCUT2D eigenvalue weighted by molar-refractivity contribution is 7.81. The number of ether oxygens (including phenoxy) is 1. The number of hydrogen-bond acceptors (Lipinski definition) is 7. The summed E-state index contributed by atoms with van der Waals surface area (Å²) in [5, 5.41) is 15.8. The first-order valence-corrected chi connectivity index (χ1v) is 8.74. The summed E-state index contributed by atoms with van der Waals surface area (Å²) in [6.07, 6.45) is 1.21. The lowest BCUT2D eigenvalue weighted by Gasteiger charge is -2.10. The first-order chi connectivity index (χ1) is 13.2. The lowest BCUT2D eigenvalue weighted by molar-refractivity contribution is 0.292. The standard InChI is InChI=1S/C16H9F3N4O4S/c17-15-5-11(23-8-10(7-20)21-22-23)6-16(18)14(15)9-26-12-1-3-13(4-2-12)27-28(19,24)25/h1-6,8H,9H2. The zero-order chi connectivity index (χ0) is 20.3. The van der Waals surface area contributed by atoms with Crippen molar-refractivity contribution in [3.63, 3.8) is 0 Å². The molecule has 12 heteroatoms. The van der Waals surface area contributed by atoms with Crippen molar-refractivity contribution in [3.8, 4) is 23.3 Å². The highest BCUT2D eigenvalue weighted by Gasteiger charge is 2.15. The van der Waals surface area contributed by atoms with E-state index >= 15 is 0 Å². The average Bonchev–Trinajstić information content (AvgIpc) is 3.10. The Kier molecular flexibility index (Phi) is 5.18. The van der Waals surface area contributed by atoms with Crippen LogP contribution in [0.15, 0.2) is 42.6 Å². The highest BCUT2D eigenvalue weighted by atomic mass is 32.3. The van der Waals surface area contributed by atoms with E-state index in [0.717, 1.165) is 28.9 Å². The molecule has 0 aliphatic heterocycles. The van der Waals surface area contributed by atoms with Gasteiger partial charge in [-0.05, 0) is 24.3 Å². The Morgan fingerprint density at radius 1 is 1.11 bits per heavy atom. The molecule has 3 rings (SSSR count). The number of nitriles is 1. The molecule has 0 aliphatic carbocycles. The normalized spacial score (nSPS) is 11.1. The maximum absolute atomic E-state index is 14.3. The van der Waals surface area contributed by atoms with E-state index in [0.29, 0.717) is 0 Å². The molecule has 1 heterocycles. The molecule has 144 valence electrons. The summed E-state index contributed by atoms with van der Waals surface area (Å²) in [5.41, 5.74) is -0.348. The van der Waals surface area contributed by atoms with Crippen LogP contribution in [0.5, 0.6) is 11.5 Å². The van der Waals surface area contributed by atoms with E-state index < -0.39 is 28.7 Å². The number of halogens is 3. The van der Waals surface area contributed by atoms with Crippen molar-refractivity contribution >= 4 is 10.5 Å². The monoisotopic (exact) mass is 410 g/mol. The molecule has 1 aromatic heterocycles.